The highest BCUT2D eigenvalue weighted by molar-refractivity contribution is 5.68. The number of nitrogens with zero attached hydrogens (tertiary/aromatic N) is 2. The molecule has 0 aromatic rings. The van der Waals surface area contributed by atoms with Gasteiger partial charge in [0, 0.05) is 32.2 Å². The van der Waals surface area contributed by atoms with E-state index in [1.165, 1.54) is 6.42 Å². The maximum absolute atomic E-state index is 12.0. The van der Waals surface area contributed by atoms with Crippen LogP contribution in [-0.2, 0) is 4.74 Å². The summed E-state index contributed by atoms with van der Waals surface area (Å²) in [6.45, 7) is 16.0. The number of rotatable bonds is 3. The fourth-order valence-corrected chi connectivity index (χ4v) is 2.34. The first-order chi connectivity index (χ1) is 8.74. The van der Waals surface area contributed by atoms with Crippen molar-refractivity contribution in [1.29, 1.82) is 0 Å². The van der Waals surface area contributed by atoms with Crippen LogP contribution in [0.25, 0.3) is 0 Å². The fraction of sp³-hybridized carbons (Fsp3) is 0.933. The van der Waals surface area contributed by atoms with Crippen molar-refractivity contribution in [3.8, 4) is 0 Å². The number of hydrogen-bond donors (Lipinski definition) is 0. The second kappa shape index (κ2) is 6.60. The normalized spacial score (nSPS) is 21.1. The molecule has 0 saturated carbocycles. The van der Waals surface area contributed by atoms with Crippen LogP contribution in [0.4, 0.5) is 4.79 Å². The quantitative estimate of drug-likeness (QED) is 0.790. The van der Waals surface area contributed by atoms with Crippen LogP contribution in [0.15, 0.2) is 0 Å². The molecule has 1 aliphatic heterocycles. The third-order valence-electron chi connectivity index (χ3n) is 4.01. The number of ether oxygens (including phenoxy) is 1. The highest BCUT2D eigenvalue weighted by Gasteiger charge is 2.28. The van der Waals surface area contributed by atoms with E-state index in [9.17, 15) is 4.79 Å². The lowest BCUT2D eigenvalue weighted by Crippen LogP contribution is -2.53. The van der Waals surface area contributed by atoms with Crippen LogP contribution < -0.4 is 0 Å². The van der Waals surface area contributed by atoms with Crippen molar-refractivity contribution in [1.82, 2.24) is 9.80 Å². The third-order valence-corrected chi connectivity index (χ3v) is 4.01. The van der Waals surface area contributed by atoms with Gasteiger partial charge in [-0.1, -0.05) is 20.3 Å². The lowest BCUT2D eigenvalue weighted by atomic mass is 9.99. The molecule has 4 nitrogen and oxygen atoms in total. The number of carbonyl (C=O) groups is 1. The SMILES string of the molecule is CCC(C)C(C)N1CCN(C(=O)OC(C)(C)C)CC1. The molecule has 1 rings (SSSR count). The molecular weight excluding hydrogens is 240 g/mol. The van der Waals surface area contributed by atoms with Crippen LogP contribution in [-0.4, -0.2) is 53.7 Å². The summed E-state index contributed by atoms with van der Waals surface area (Å²) >= 11 is 0. The van der Waals surface area contributed by atoms with Gasteiger partial charge in [-0.05, 0) is 33.6 Å². The number of carbonyl (C=O) groups excluding carboxylic acids is 1. The largest absolute Gasteiger partial charge is 0.444 e. The van der Waals surface area contributed by atoms with Crippen molar-refractivity contribution >= 4 is 6.09 Å². The van der Waals surface area contributed by atoms with E-state index < -0.39 is 5.60 Å². The first kappa shape index (κ1) is 16.3. The molecule has 1 saturated heterocycles. The Morgan fingerprint density at radius 1 is 1.16 bits per heavy atom. The lowest BCUT2D eigenvalue weighted by Gasteiger charge is -2.40. The second-order valence-electron chi connectivity index (χ2n) is 6.63. The van der Waals surface area contributed by atoms with Gasteiger partial charge in [0.15, 0.2) is 0 Å². The van der Waals surface area contributed by atoms with E-state index in [1.807, 2.05) is 25.7 Å². The molecule has 4 heteroatoms. The zero-order valence-corrected chi connectivity index (χ0v) is 13.4. The van der Waals surface area contributed by atoms with Crippen molar-refractivity contribution in [2.24, 2.45) is 5.92 Å². The average Bonchev–Trinajstić information content (AvgIpc) is 2.35. The van der Waals surface area contributed by atoms with Crippen LogP contribution in [0.5, 0.6) is 0 Å². The molecule has 112 valence electrons. The van der Waals surface area contributed by atoms with Gasteiger partial charge >= 0.3 is 6.09 Å². The Kier molecular flexibility index (Phi) is 5.65. The predicted molar refractivity (Wildman–Crippen MR) is 78.3 cm³/mol. The first-order valence-corrected chi connectivity index (χ1v) is 7.46. The smallest absolute Gasteiger partial charge is 0.410 e. The van der Waals surface area contributed by atoms with Crippen molar-refractivity contribution in [2.75, 3.05) is 26.2 Å². The molecule has 19 heavy (non-hydrogen) atoms. The van der Waals surface area contributed by atoms with Crippen LogP contribution in [0, 0.1) is 5.92 Å². The van der Waals surface area contributed by atoms with Crippen molar-refractivity contribution in [3.63, 3.8) is 0 Å². The van der Waals surface area contributed by atoms with Gasteiger partial charge < -0.3 is 9.64 Å². The summed E-state index contributed by atoms with van der Waals surface area (Å²) in [7, 11) is 0. The van der Waals surface area contributed by atoms with E-state index in [1.54, 1.807) is 0 Å². The van der Waals surface area contributed by atoms with Gasteiger partial charge in [0.1, 0.15) is 5.60 Å². The van der Waals surface area contributed by atoms with E-state index in [0.717, 1.165) is 26.2 Å². The minimum absolute atomic E-state index is 0.177. The molecular formula is C15H30N2O2. The van der Waals surface area contributed by atoms with Crippen molar-refractivity contribution in [2.45, 2.75) is 59.6 Å². The Morgan fingerprint density at radius 2 is 1.68 bits per heavy atom. The van der Waals surface area contributed by atoms with Gasteiger partial charge in [0.05, 0.1) is 0 Å². The first-order valence-electron chi connectivity index (χ1n) is 7.46. The fourth-order valence-electron chi connectivity index (χ4n) is 2.34. The van der Waals surface area contributed by atoms with Crippen molar-refractivity contribution < 1.29 is 9.53 Å². The van der Waals surface area contributed by atoms with Crippen LogP contribution in [0.1, 0.15) is 48.0 Å². The predicted octanol–water partition coefficient (Wildman–Crippen LogP) is 2.97. The molecule has 0 bridgehead atoms. The summed E-state index contributed by atoms with van der Waals surface area (Å²) in [5, 5.41) is 0. The molecule has 2 atom stereocenters. The molecule has 0 radical (unpaired) electrons. The molecule has 0 N–H and O–H groups in total. The summed E-state index contributed by atoms with van der Waals surface area (Å²) < 4.78 is 5.41. The summed E-state index contributed by atoms with van der Waals surface area (Å²) in [5.74, 6) is 0.702. The zero-order valence-electron chi connectivity index (χ0n) is 13.4. The average molecular weight is 270 g/mol. The summed E-state index contributed by atoms with van der Waals surface area (Å²) in [5.41, 5.74) is -0.405. The molecule has 0 aliphatic carbocycles. The number of hydrogen-bond acceptors (Lipinski definition) is 3. The molecule has 1 heterocycles. The molecule has 1 fully saturated rings. The molecule has 0 aromatic carbocycles. The Bertz CT molecular complexity index is 291. The Balaban J connectivity index is 2.42. The summed E-state index contributed by atoms with van der Waals surface area (Å²) in [6.07, 6.45) is 1.02. The van der Waals surface area contributed by atoms with Gasteiger partial charge in [-0.15, -0.1) is 0 Å². The molecule has 0 aromatic heterocycles. The van der Waals surface area contributed by atoms with Gasteiger partial charge in [-0.25, -0.2) is 4.79 Å². The minimum atomic E-state index is -0.405. The summed E-state index contributed by atoms with van der Waals surface area (Å²) in [4.78, 5) is 16.3. The minimum Gasteiger partial charge on any atom is -0.444 e. The van der Waals surface area contributed by atoms with E-state index in [4.69, 9.17) is 4.74 Å². The standard InChI is InChI=1S/C15H30N2O2/c1-7-12(2)13(3)16-8-10-17(11-9-16)14(18)19-15(4,5)6/h12-13H,7-11H2,1-6H3. The second-order valence-corrected chi connectivity index (χ2v) is 6.63. The monoisotopic (exact) mass is 270 g/mol. The zero-order chi connectivity index (χ0) is 14.6. The van der Waals surface area contributed by atoms with E-state index in [-0.39, 0.29) is 6.09 Å². The van der Waals surface area contributed by atoms with Crippen LogP contribution in [0.2, 0.25) is 0 Å². The van der Waals surface area contributed by atoms with Gasteiger partial charge in [0.2, 0.25) is 0 Å². The molecule has 1 amide bonds. The Morgan fingerprint density at radius 3 is 2.11 bits per heavy atom. The lowest BCUT2D eigenvalue weighted by molar-refractivity contribution is 0.00831. The van der Waals surface area contributed by atoms with Gasteiger partial charge in [-0.2, -0.15) is 0 Å². The summed E-state index contributed by atoms with van der Waals surface area (Å²) in [6, 6.07) is 0.589. The highest BCUT2D eigenvalue weighted by atomic mass is 16.6. The van der Waals surface area contributed by atoms with Crippen LogP contribution in [0.3, 0.4) is 0 Å². The van der Waals surface area contributed by atoms with Gasteiger partial charge in [0.25, 0.3) is 0 Å². The highest BCUT2D eigenvalue weighted by Crippen LogP contribution is 2.17. The molecule has 0 spiro atoms. The number of amides is 1. The topological polar surface area (TPSA) is 32.8 Å². The van der Waals surface area contributed by atoms with E-state index in [0.29, 0.717) is 12.0 Å². The molecule has 1 aliphatic rings. The maximum Gasteiger partial charge on any atom is 0.410 e. The Hall–Kier alpha value is -0.770. The van der Waals surface area contributed by atoms with Crippen LogP contribution >= 0.6 is 0 Å². The third kappa shape index (κ3) is 5.01. The van der Waals surface area contributed by atoms with Crippen molar-refractivity contribution in [3.05, 3.63) is 0 Å². The Labute approximate surface area is 118 Å². The number of piperazine rings is 1. The maximum atomic E-state index is 12.0. The molecule has 2 unspecified atom stereocenters. The van der Waals surface area contributed by atoms with E-state index in [2.05, 4.69) is 25.7 Å². The van der Waals surface area contributed by atoms with E-state index >= 15 is 0 Å². The van der Waals surface area contributed by atoms with Gasteiger partial charge in [-0.3, -0.25) is 4.90 Å².